The van der Waals surface area contributed by atoms with Crippen LogP contribution in [0.25, 0.3) is 0 Å². The van der Waals surface area contributed by atoms with Gasteiger partial charge in [0.25, 0.3) is 5.91 Å². The van der Waals surface area contributed by atoms with Crippen molar-refractivity contribution in [3.05, 3.63) is 29.3 Å². The Kier molecular flexibility index (Phi) is 4.55. The molecule has 2 aliphatic rings. The molecule has 124 valence electrons. The first kappa shape index (κ1) is 15.8. The summed E-state index contributed by atoms with van der Waals surface area (Å²) in [4.78, 5) is 28.1. The van der Waals surface area contributed by atoms with Gasteiger partial charge in [0.15, 0.2) is 0 Å². The van der Waals surface area contributed by atoms with Gasteiger partial charge in [0.1, 0.15) is 5.75 Å². The largest absolute Gasteiger partial charge is 0.508 e. The Bertz CT molecular complexity index is 606. The van der Waals surface area contributed by atoms with Crippen molar-refractivity contribution in [1.29, 1.82) is 0 Å². The van der Waals surface area contributed by atoms with Crippen LogP contribution in [0.4, 0.5) is 0 Å². The van der Waals surface area contributed by atoms with E-state index in [1.807, 2.05) is 9.80 Å². The molecule has 0 spiro atoms. The van der Waals surface area contributed by atoms with E-state index in [-0.39, 0.29) is 17.6 Å². The average molecular weight is 316 g/mol. The normalized spacial score (nSPS) is 19.4. The fourth-order valence-electron chi connectivity index (χ4n) is 3.50. The fourth-order valence-corrected chi connectivity index (χ4v) is 3.50. The first-order valence-corrected chi connectivity index (χ1v) is 8.41. The van der Waals surface area contributed by atoms with Crippen molar-refractivity contribution in [2.75, 3.05) is 26.2 Å². The fraction of sp³-hybridized carbons (Fsp3) is 0.556. The number of nitrogens with zero attached hydrogens (tertiary/aromatic N) is 2. The summed E-state index contributed by atoms with van der Waals surface area (Å²) in [5.74, 6) is 1.03. The van der Waals surface area contributed by atoms with Crippen LogP contribution in [0.15, 0.2) is 18.2 Å². The van der Waals surface area contributed by atoms with Crippen molar-refractivity contribution in [3.63, 3.8) is 0 Å². The summed E-state index contributed by atoms with van der Waals surface area (Å²) in [5.41, 5.74) is 1.35. The second-order valence-corrected chi connectivity index (χ2v) is 6.68. The average Bonchev–Trinajstić information content (AvgIpc) is 2.95. The number of carbonyl (C=O) groups is 2. The van der Waals surface area contributed by atoms with E-state index in [0.717, 1.165) is 51.0 Å². The minimum atomic E-state index is 0.0313. The lowest BCUT2D eigenvalue weighted by molar-refractivity contribution is -0.128. The molecule has 0 atom stereocenters. The Hall–Kier alpha value is -2.04. The third kappa shape index (κ3) is 3.49. The van der Waals surface area contributed by atoms with Gasteiger partial charge in [-0.05, 0) is 55.9 Å². The molecule has 3 rings (SSSR count). The van der Waals surface area contributed by atoms with Gasteiger partial charge in [0, 0.05) is 38.2 Å². The molecule has 1 N–H and O–H groups in total. The highest BCUT2D eigenvalue weighted by Crippen LogP contribution is 2.23. The Morgan fingerprint density at radius 3 is 2.61 bits per heavy atom. The minimum Gasteiger partial charge on any atom is -0.508 e. The highest BCUT2D eigenvalue weighted by molar-refractivity contribution is 5.94. The number of hydrogen-bond acceptors (Lipinski definition) is 3. The van der Waals surface area contributed by atoms with Gasteiger partial charge in [-0.25, -0.2) is 0 Å². The summed E-state index contributed by atoms with van der Waals surface area (Å²) >= 11 is 0. The number of benzene rings is 1. The topological polar surface area (TPSA) is 60.9 Å². The number of aromatic hydroxyl groups is 1. The first-order valence-electron chi connectivity index (χ1n) is 8.41. The van der Waals surface area contributed by atoms with E-state index in [1.165, 1.54) is 0 Å². The first-order chi connectivity index (χ1) is 11.0. The lowest BCUT2D eigenvalue weighted by Gasteiger charge is -2.34. The van der Waals surface area contributed by atoms with E-state index in [1.54, 1.807) is 25.1 Å². The molecule has 1 aromatic carbocycles. The number of likely N-dealkylation sites (tertiary alicyclic amines) is 2. The second-order valence-electron chi connectivity index (χ2n) is 6.68. The zero-order valence-electron chi connectivity index (χ0n) is 13.6. The standard InChI is InChI=1S/C18H24N2O3/c1-13-11-15(4-5-16(13)21)18(23)19-9-6-14(7-10-19)12-20-8-2-3-17(20)22/h4-5,11,14,21H,2-3,6-10,12H2,1H3. The number of phenolic OH excluding ortho intramolecular Hbond substituents is 1. The smallest absolute Gasteiger partial charge is 0.253 e. The summed E-state index contributed by atoms with van der Waals surface area (Å²) in [6, 6.07) is 5.00. The van der Waals surface area contributed by atoms with Gasteiger partial charge >= 0.3 is 0 Å². The van der Waals surface area contributed by atoms with E-state index in [9.17, 15) is 14.7 Å². The number of hydrogen-bond donors (Lipinski definition) is 1. The predicted octanol–water partition coefficient (Wildman–Crippen LogP) is 2.18. The Balaban J connectivity index is 1.54. The van der Waals surface area contributed by atoms with E-state index in [4.69, 9.17) is 0 Å². The summed E-state index contributed by atoms with van der Waals surface area (Å²) in [5, 5.41) is 9.57. The summed E-state index contributed by atoms with van der Waals surface area (Å²) < 4.78 is 0. The van der Waals surface area contributed by atoms with Gasteiger partial charge in [0.2, 0.25) is 5.91 Å². The molecule has 0 bridgehead atoms. The third-order valence-corrected chi connectivity index (χ3v) is 5.00. The number of amides is 2. The van der Waals surface area contributed by atoms with E-state index in [2.05, 4.69) is 0 Å². The molecule has 2 aliphatic heterocycles. The van der Waals surface area contributed by atoms with E-state index >= 15 is 0 Å². The number of piperidine rings is 1. The minimum absolute atomic E-state index is 0.0313. The lowest BCUT2D eigenvalue weighted by atomic mass is 9.95. The van der Waals surface area contributed by atoms with Crippen LogP contribution < -0.4 is 0 Å². The quantitative estimate of drug-likeness (QED) is 0.930. The summed E-state index contributed by atoms with van der Waals surface area (Å²) in [6.45, 7) is 5.02. The SMILES string of the molecule is Cc1cc(C(=O)N2CCC(CN3CCCC3=O)CC2)ccc1O. The van der Waals surface area contributed by atoms with Crippen molar-refractivity contribution in [2.45, 2.75) is 32.6 Å². The molecule has 0 aromatic heterocycles. The molecule has 5 heteroatoms. The Morgan fingerprint density at radius 2 is 2.00 bits per heavy atom. The summed E-state index contributed by atoms with van der Waals surface area (Å²) in [7, 11) is 0. The monoisotopic (exact) mass is 316 g/mol. The van der Waals surface area contributed by atoms with Crippen LogP contribution in [-0.4, -0.2) is 52.9 Å². The molecule has 5 nitrogen and oxygen atoms in total. The van der Waals surface area contributed by atoms with Crippen LogP contribution in [0.1, 0.15) is 41.6 Å². The number of rotatable bonds is 3. The van der Waals surface area contributed by atoms with Crippen LogP contribution >= 0.6 is 0 Å². The van der Waals surface area contributed by atoms with E-state index < -0.39 is 0 Å². The van der Waals surface area contributed by atoms with Gasteiger partial charge in [-0.3, -0.25) is 9.59 Å². The zero-order valence-corrected chi connectivity index (χ0v) is 13.6. The predicted molar refractivity (Wildman–Crippen MR) is 87.3 cm³/mol. The number of phenols is 1. The van der Waals surface area contributed by atoms with Crippen molar-refractivity contribution in [1.82, 2.24) is 9.80 Å². The molecular weight excluding hydrogens is 292 g/mol. The molecule has 2 saturated heterocycles. The highest BCUT2D eigenvalue weighted by Gasteiger charge is 2.28. The maximum absolute atomic E-state index is 12.5. The molecule has 23 heavy (non-hydrogen) atoms. The second kappa shape index (κ2) is 6.60. The molecule has 2 heterocycles. The van der Waals surface area contributed by atoms with Gasteiger partial charge in [-0.1, -0.05) is 0 Å². The highest BCUT2D eigenvalue weighted by atomic mass is 16.3. The molecule has 0 saturated carbocycles. The van der Waals surface area contributed by atoms with Crippen LogP contribution in [0.5, 0.6) is 5.75 Å². The van der Waals surface area contributed by atoms with Crippen LogP contribution in [0.3, 0.4) is 0 Å². The maximum atomic E-state index is 12.5. The molecule has 0 radical (unpaired) electrons. The van der Waals surface area contributed by atoms with Crippen LogP contribution in [0, 0.1) is 12.8 Å². The molecule has 2 amide bonds. The van der Waals surface area contributed by atoms with Crippen molar-refractivity contribution in [3.8, 4) is 5.75 Å². The number of aryl methyl sites for hydroxylation is 1. The molecule has 0 aliphatic carbocycles. The van der Waals surface area contributed by atoms with Crippen LogP contribution in [0.2, 0.25) is 0 Å². The van der Waals surface area contributed by atoms with E-state index in [0.29, 0.717) is 17.9 Å². The van der Waals surface area contributed by atoms with Crippen molar-refractivity contribution >= 4 is 11.8 Å². The third-order valence-electron chi connectivity index (χ3n) is 5.00. The Labute approximate surface area is 136 Å². The van der Waals surface area contributed by atoms with Crippen molar-refractivity contribution in [2.24, 2.45) is 5.92 Å². The van der Waals surface area contributed by atoms with Crippen molar-refractivity contribution < 1.29 is 14.7 Å². The maximum Gasteiger partial charge on any atom is 0.253 e. The zero-order chi connectivity index (χ0) is 16.4. The van der Waals surface area contributed by atoms with Crippen LogP contribution in [-0.2, 0) is 4.79 Å². The molecular formula is C18H24N2O3. The van der Waals surface area contributed by atoms with Gasteiger partial charge in [-0.2, -0.15) is 0 Å². The van der Waals surface area contributed by atoms with Gasteiger partial charge in [-0.15, -0.1) is 0 Å². The number of carbonyl (C=O) groups excluding carboxylic acids is 2. The molecule has 1 aromatic rings. The van der Waals surface area contributed by atoms with Gasteiger partial charge < -0.3 is 14.9 Å². The lowest BCUT2D eigenvalue weighted by Crippen LogP contribution is -2.41. The molecule has 0 unspecified atom stereocenters. The van der Waals surface area contributed by atoms with Gasteiger partial charge in [0.05, 0.1) is 0 Å². The molecule has 2 fully saturated rings. The summed E-state index contributed by atoms with van der Waals surface area (Å²) in [6.07, 6.45) is 3.58. The Morgan fingerprint density at radius 1 is 1.26 bits per heavy atom.